The van der Waals surface area contributed by atoms with Crippen LogP contribution in [0.4, 0.5) is 11.4 Å². The zero-order valence-electron chi connectivity index (χ0n) is 14.8. The Balaban J connectivity index is 1.77. The second kappa shape index (κ2) is 8.22. The number of hydrogen-bond acceptors (Lipinski definition) is 3. The number of anilines is 2. The van der Waals surface area contributed by atoms with Crippen LogP contribution in [-0.2, 0) is 10.0 Å². The number of rotatable bonds is 5. The van der Waals surface area contributed by atoms with Gasteiger partial charge in [0.1, 0.15) is 0 Å². The maximum atomic E-state index is 12.7. The Labute approximate surface area is 173 Å². The molecule has 3 aromatic carbocycles. The van der Waals surface area contributed by atoms with Crippen molar-refractivity contribution in [3.63, 3.8) is 0 Å². The highest BCUT2D eigenvalue weighted by molar-refractivity contribution is 7.92. The van der Waals surface area contributed by atoms with Crippen molar-refractivity contribution in [2.45, 2.75) is 4.90 Å². The molecular formula is C20H16Cl2N2O3S. The third-order valence-corrected chi connectivity index (χ3v) is 6.61. The lowest BCUT2D eigenvalue weighted by Crippen LogP contribution is -2.26. The zero-order chi connectivity index (χ0) is 20.3. The van der Waals surface area contributed by atoms with E-state index < -0.39 is 10.0 Å². The van der Waals surface area contributed by atoms with Gasteiger partial charge < -0.3 is 5.32 Å². The van der Waals surface area contributed by atoms with Crippen molar-refractivity contribution in [2.75, 3.05) is 16.7 Å². The molecule has 1 amide bonds. The highest BCUT2D eigenvalue weighted by Gasteiger charge is 2.21. The molecule has 0 fully saturated rings. The molecule has 0 aliphatic carbocycles. The second-order valence-electron chi connectivity index (χ2n) is 5.92. The molecule has 144 valence electrons. The summed E-state index contributed by atoms with van der Waals surface area (Å²) in [6.07, 6.45) is 0. The van der Waals surface area contributed by atoms with E-state index in [1.54, 1.807) is 60.7 Å². The molecule has 0 aliphatic heterocycles. The number of nitrogens with zero attached hydrogens (tertiary/aromatic N) is 1. The molecule has 0 atom stereocenters. The third-order valence-electron chi connectivity index (χ3n) is 4.07. The average molecular weight is 435 g/mol. The number of nitrogens with one attached hydrogen (secondary N) is 1. The van der Waals surface area contributed by atoms with Gasteiger partial charge in [0.05, 0.1) is 20.6 Å². The first-order valence-corrected chi connectivity index (χ1v) is 10.4. The molecule has 3 rings (SSSR count). The summed E-state index contributed by atoms with van der Waals surface area (Å²) < 4.78 is 26.5. The van der Waals surface area contributed by atoms with E-state index in [2.05, 4.69) is 5.32 Å². The zero-order valence-corrected chi connectivity index (χ0v) is 17.1. The van der Waals surface area contributed by atoms with Crippen LogP contribution in [0.15, 0.2) is 77.7 Å². The van der Waals surface area contributed by atoms with Gasteiger partial charge >= 0.3 is 0 Å². The fraction of sp³-hybridized carbons (Fsp3) is 0.0500. The molecule has 0 aromatic heterocycles. The molecule has 8 heteroatoms. The van der Waals surface area contributed by atoms with Gasteiger partial charge in [0.15, 0.2) is 0 Å². The molecular weight excluding hydrogens is 419 g/mol. The maximum absolute atomic E-state index is 12.7. The Hall–Kier alpha value is -2.54. The molecule has 0 aliphatic rings. The summed E-state index contributed by atoms with van der Waals surface area (Å²) in [5.41, 5.74) is 1.32. The minimum atomic E-state index is -3.68. The van der Waals surface area contributed by atoms with Crippen LogP contribution in [-0.4, -0.2) is 21.4 Å². The van der Waals surface area contributed by atoms with E-state index in [9.17, 15) is 13.2 Å². The molecule has 0 heterocycles. The first-order valence-electron chi connectivity index (χ1n) is 8.19. The predicted octanol–water partition coefficient (Wildman–Crippen LogP) is 5.07. The molecule has 0 unspecified atom stereocenters. The highest BCUT2D eigenvalue weighted by atomic mass is 35.5. The second-order valence-corrected chi connectivity index (χ2v) is 8.70. The van der Waals surface area contributed by atoms with Gasteiger partial charge in [-0.15, -0.1) is 0 Å². The monoisotopic (exact) mass is 434 g/mol. The van der Waals surface area contributed by atoms with Crippen LogP contribution in [0.3, 0.4) is 0 Å². The smallest absolute Gasteiger partial charge is 0.264 e. The van der Waals surface area contributed by atoms with Crippen LogP contribution in [0.2, 0.25) is 10.0 Å². The van der Waals surface area contributed by atoms with Crippen LogP contribution >= 0.6 is 23.2 Å². The molecule has 1 N–H and O–H groups in total. The molecule has 0 radical (unpaired) electrons. The Bertz CT molecular complexity index is 1100. The number of benzene rings is 3. The first kappa shape index (κ1) is 20.2. The van der Waals surface area contributed by atoms with Crippen molar-refractivity contribution in [1.29, 1.82) is 0 Å². The molecule has 0 saturated heterocycles. The topological polar surface area (TPSA) is 66.5 Å². The normalized spacial score (nSPS) is 11.1. The molecule has 0 spiro atoms. The van der Waals surface area contributed by atoms with Crippen molar-refractivity contribution in [1.82, 2.24) is 0 Å². The Morgan fingerprint density at radius 1 is 0.893 bits per heavy atom. The minimum Gasteiger partial charge on any atom is -0.322 e. The molecule has 0 saturated carbocycles. The summed E-state index contributed by atoms with van der Waals surface area (Å²) >= 11 is 11.8. The van der Waals surface area contributed by atoms with E-state index in [1.807, 2.05) is 0 Å². The fourth-order valence-electron chi connectivity index (χ4n) is 2.49. The van der Waals surface area contributed by atoms with E-state index in [4.69, 9.17) is 23.2 Å². The fourth-order valence-corrected chi connectivity index (χ4v) is 4.00. The minimum absolute atomic E-state index is 0.193. The van der Waals surface area contributed by atoms with Gasteiger partial charge in [0.25, 0.3) is 15.9 Å². The van der Waals surface area contributed by atoms with E-state index in [0.717, 1.165) is 0 Å². The Morgan fingerprint density at radius 2 is 1.54 bits per heavy atom. The summed E-state index contributed by atoms with van der Waals surface area (Å²) in [5.74, 6) is -0.349. The van der Waals surface area contributed by atoms with Gasteiger partial charge in [0, 0.05) is 18.3 Å². The van der Waals surface area contributed by atoms with Gasteiger partial charge in [-0.3, -0.25) is 9.10 Å². The number of carbonyl (C=O) groups excluding carboxylic acids is 1. The van der Waals surface area contributed by atoms with E-state index in [0.29, 0.717) is 27.0 Å². The van der Waals surface area contributed by atoms with Gasteiger partial charge in [-0.1, -0.05) is 41.4 Å². The van der Waals surface area contributed by atoms with Crippen molar-refractivity contribution in [3.8, 4) is 0 Å². The predicted molar refractivity (Wildman–Crippen MR) is 113 cm³/mol. The third kappa shape index (κ3) is 4.30. The van der Waals surface area contributed by atoms with Crippen molar-refractivity contribution in [2.24, 2.45) is 0 Å². The Morgan fingerprint density at radius 3 is 2.14 bits per heavy atom. The summed E-state index contributed by atoms with van der Waals surface area (Å²) in [4.78, 5) is 12.6. The van der Waals surface area contributed by atoms with Crippen molar-refractivity contribution >= 4 is 50.5 Å². The molecule has 3 aromatic rings. The van der Waals surface area contributed by atoms with E-state index >= 15 is 0 Å². The van der Waals surface area contributed by atoms with Gasteiger partial charge in [0.2, 0.25) is 0 Å². The number of halogens is 2. The van der Waals surface area contributed by atoms with Crippen LogP contribution in [0, 0.1) is 0 Å². The summed E-state index contributed by atoms with van der Waals surface area (Å²) in [6, 6.07) is 19.2. The largest absolute Gasteiger partial charge is 0.322 e. The van der Waals surface area contributed by atoms with E-state index in [-0.39, 0.29) is 10.8 Å². The van der Waals surface area contributed by atoms with Crippen molar-refractivity contribution in [3.05, 3.63) is 88.4 Å². The lowest BCUT2D eigenvalue weighted by Gasteiger charge is -2.19. The highest BCUT2D eigenvalue weighted by Crippen LogP contribution is 2.26. The van der Waals surface area contributed by atoms with Crippen molar-refractivity contribution < 1.29 is 13.2 Å². The van der Waals surface area contributed by atoms with Crippen LogP contribution in [0.25, 0.3) is 0 Å². The number of amides is 1. The first-order chi connectivity index (χ1) is 13.3. The van der Waals surface area contributed by atoms with Crippen LogP contribution < -0.4 is 9.62 Å². The summed E-state index contributed by atoms with van der Waals surface area (Å²) in [6.45, 7) is 0. The van der Waals surface area contributed by atoms with E-state index in [1.165, 1.54) is 23.5 Å². The molecule has 0 bridgehead atoms. The van der Waals surface area contributed by atoms with Gasteiger partial charge in [-0.05, 0) is 54.6 Å². The van der Waals surface area contributed by atoms with Gasteiger partial charge in [-0.25, -0.2) is 8.42 Å². The standard InChI is InChI=1S/C20H16Cl2N2O3S/c1-24(28(26,27)17-5-3-2-4-6-17)16-10-7-14(8-11-16)20(25)23-15-9-12-18(21)19(22)13-15/h2-13H,1H3,(H,23,25). The molecule has 28 heavy (non-hydrogen) atoms. The quantitative estimate of drug-likeness (QED) is 0.609. The number of sulfonamides is 1. The van der Waals surface area contributed by atoms with Crippen LogP contribution in [0.1, 0.15) is 10.4 Å². The number of carbonyl (C=O) groups is 1. The Kier molecular flexibility index (Phi) is 5.93. The molecule has 5 nitrogen and oxygen atoms in total. The maximum Gasteiger partial charge on any atom is 0.264 e. The number of hydrogen-bond donors (Lipinski definition) is 1. The summed E-state index contributed by atoms with van der Waals surface area (Å²) in [7, 11) is -2.21. The van der Waals surface area contributed by atoms with Crippen LogP contribution in [0.5, 0.6) is 0 Å². The summed E-state index contributed by atoms with van der Waals surface area (Å²) in [5, 5.41) is 3.45. The average Bonchev–Trinajstić information content (AvgIpc) is 2.71. The lowest BCUT2D eigenvalue weighted by atomic mass is 10.2. The van der Waals surface area contributed by atoms with Gasteiger partial charge in [-0.2, -0.15) is 0 Å². The lowest BCUT2D eigenvalue weighted by molar-refractivity contribution is 0.102. The SMILES string of the molecule is CN(c1ccc(C(=O)Nc2ccc(Cl)c(Cl)c2)cc1)S(=O)(=O)c1ccccc1.